The van der Waals surface area contributed by atoms with E-state index >= 15 is 0 Å². The van der Waals surface area contributed by atoms with Gasteiger partial charge < -0.3 is 10.1 Å². The van der Waals surface area contributed by atoms with Gasteiger partial charge in [-0.3, -0.25) is 9.59 Å². The molecule has 0 unspecified atom stereocenters. The summed E-state index contributed by atoms with van der Waals surface area (Å²) >= 11 is 0. The van der Waals surface area contributed by atoms with Crippen LogP contribution in [0, 0.1) is 27.7 Å². The summed E-state index contributed by atoms with van der Waals surface area (Å²) in [6.45, 7) is 7.40. The van der Waals surface area contributed by atoms with Crippen LogP contribution in [0.25, 0.3) is 5.65 Å². The zero-order chi connectivity index (χ0) is 20.3. The van der Waals surface area contributed by atoms with Crippen LogP contribution in [-0.2, 0) is 20.7 Å². The van der Waals surface area contributed by atoms with Crippen molar-refractivity contribution in [3.8, 4) is 0 Å². The first kappa shape index (κ1) is 19.5. The number of benzene rings is 1. The molecule has 2 heterocycles. The topological polar surface area (TPSA) is 85.6 Å². The number of nitrogens with one attached hydrogen (secondary N) is 1. The van der Waals surface area contributed by atoms with E-state index in [2.05, 4.69) is 15.4 Å². The van der Waals surface area contributed by atoms with Gasteiger partial charge in [0, 0.05) is 29.6 Å². The van der Waals surface area contributed by atoms with Crippen molar-refractivity contribution in [3.05, 3.63) is 58.5 Å². The third-order valence-electron chi connectivity index (χ3n) is 4.65. The van der Waals surface area contributed by atoms with Crippen molar-refractivity contribution >= 4 is 23.2 Å². The molecular formula is C21H24N4O3. The van der Waals surface area contributed by atoms with Crippen molar-refractivity contribution in [2.24, 2.45) is 0 Å². The summed E-state index contributed by atoms with van der Waals surface area (Å²) in [5.41, 5.74) is 6.15. The van der Waals surface area contributed by atoms with Crippen molar-refractivity contribution in [2.45, 2.75) is 40.5 Å². The second-order valence-corrected chi connectivity index (χ2v) is 6.84. The first-order valence-corrected chi connectivity index (χ1v) is 9.18. The molecule has 0 bridgehead atoms. The Hall–Kier alpha value is -3.22. The van der Waals surface area contributed by atoms with E-state index < -0.39 is 5.97 Å². The molecule has 0 aliphatic heterocycles. The quantitative estimate of drug-likeness (QED) is 0.664. The molecule has 7 heteroatoms. The number of amides is 1. The van der Waals surface area contributed by atoms with Crippen LogP contribution >= 0.6 is 0 Å². The molecule has 0 saturated heterocycles. The Balaban J connectivity index is 1.55. The van der Waals surface area contributed by atoms with Crippen LogP contribution in [0.2, 0.25) is 0 Å². The number of aryl methyl sites for hydroxylation is 4. The molecule has 1 aromatic carbocycles. The van der Waals surface area contributed by atoms with E-state index in [-0.39, 0.29) is 18.9 Å². The lowest BCUT2D eigenvalue weighted by Crippen LogP contribution is -2.21. The van der Waals surface area contributed by atoms with Gasteiger partial charge in [0.05, 0.1) is 5.69 Å². The Labute approximate surface area is 163 Å². The molecule has 0 atom stereocenters. The molecule has 3 aromatic rings. The number of carbonyl (C=O) groups is 2. The van der Waals surface area contributed by atoms with Crippen LogP contribution in [0.5, 0.6) is 0 Å². The molecular weight excluding hydrogens is 356 g/mol. The lowest BCUT2D eigenvalue weighted by molar-refractivity contribution is -0.147. The van der Waals surface area contributed by atoms with Gasteiger partial charge >= 0.3 is 5.97 Å². The van der Waals surface area contributed by atoms with Crippen LogP contribution < -0.4 is 5.32 Å². The monoisotopic (exact) mass is 380 g/mol. The van der Waals surface area contributed by atoms with Gasteiger partial charge in [-0.15, -0.1) is 0 Å². The summed E-state index contributed by atoms with van der Waals surface area (Å²) in [6, 6.07) is 9.36. The highest BCUT2D eigenvalue weighted by molar-refractivity contribution is 5.93. The maximum atomic E-state index is 12.1. The predicted octanol–water partition coefficient (Wildman–Crippen LogP) is 3.08. The van der Waals surface area contributed by atoms with E-state index in [1.165, 1.54) is 0 Å². The standard InChI is InChI=1S/C21H24N4O3/c1-13-7-5-6-8-18(13)23-20(26)12-28-21(27)10-9-17-15(3)22-19-11-14(2)24-25(19)16(17)4/h5-8,11H,9-10,12H2,1-4H3,(H,23,26). The minimum atomic E-state index is -0.421. The first-order valence-electron chi connectivity index (χ1n) is 9.18. The molecule has 0 fully saturated rings. The Bertz CT molecular complexity index is 1040. The minimum Gasteiger partial charge on any atom is -0.456 e. The van der Waals surface area contributed by atoms with Crippen LogP contribution in [0.1, 0.15) is 34.6 Å². The van der Waals surface area contributed by atoms with Crippen molar-refractivity contribution in [1.82, 2.24) is 14.6 Å². The number of nitrogens with zero attached hydrogens (tertiary/aromatic N) is 3. The third-order valence-corrected chi connectivity index (χ3v) is 4.65. The predicted molar refractivity (Wildman–Crippen MR) is 106 cm³/mol. The van der Waals surface area contributed by atoms with Crippen molar-refractivity contribution in [1.29, 1.82) is 0 Å². The number of rotatable bonds is 6. The fraction of sp³-hybridized carbons (Fsp3) is 0.333. The fourth-order valence-electron chi connectivity index (χ4n) is 3.15. The largest absolute Gasteiger partial charge is 0.456 e. The molecule has 146 valence electrons. The van der Waals surface area contributed by atoms with Gasteiger partial charge in [0.25, 0.3) is 5.91 Å². The molecule has 0 radical (unpaired) electrons. The number of anilines is 1. The molecule has 1 amide bonds. The highest BCUT2D eigenvalue weighted by Crippen LogP contribution is 2.17. The van der Waals surface area contributed by atoms with E-state index in [4.69, 9.17) is 4.74 Å². The van der Waals surface area contributed by atoms with Crippen LogP contribution in [0.15, 0.2) is 30.3 Å². The van der Waals surface area contributed by atoms with Crippen LogP contribution in [-0.4, -0.2) is 33.1 Å². The fourth-order valence-corrected chi connectivity index (χ4v) is 3.15. The van der Waals surface area contributed by atoms with Gasteiger partial charge in [-0.25, -0.2) is 9.50 Å². The summed E-state index contributed by atoms with van der Waals surface area (Å²) in [6.07, 6.45) is 0.657. The summed E-state index contributed by atoms with van der Waals surface area (Å²) in [7, 11) is 0. The maximum absolute atomic E-state index is 12.1. The van der Waals surface area contributed by atoms with Gasteiger partial charge in [-0.1, -0.05) is 18.2 Å². The highest BCUT2D eigenvalue weighted by atomic mass is 16.5. The van der Waals surface area contributed by atoms with E-state index in [1.807, 2.05) is 52.0 Å². The number of hydrogen-bond donors (Lipinski definition) is 1. The summed E-state index contributed by atoms with van der Waals surface area (Å²) < 4.78 is 6.91. The average Bonchev–Trinajstić information content (AvgIpc) is 3.02. The zero-order valence-electron chi connectivity index (χ0n) is 16.6. The highest BCUT2D eigenvalue weighted by Gasteiger charge is 2.14. The van der Waals surface area contributed by atoms with Gasteiger partial charge in [0.15, 0.2) is 12.3 Å². The minimum absolute atomic E-state index is 0.173. The lowest BCUT2D eigenvalue weighted by atomic mass is 10.1. The van der Waals surface area contributed by atoms with Crippen molar-refractivity contribution < 1.29 is 14.3 Å². The second kappa shape index (κ2) is 8.21. The Morgan fingerprint density at radius 3 is 2.64 bits per heavy atom. The molecule has 7 nitrogen and oxygen atoms in total. The summed E-state index contributed by atoms with van der Waals surface area (Å²) in [5, 5.41) is 7.18. The molecule has 0 aliphatic carbocycles. The van der Waals surface area contributed by atoms with Crippen LogP contribution in [0.3, 0.4) is 0 Å². The van der Waals surface area contributed by atoms with E-state index in [9.17, 15) is 9.59 Å². The number of para-hydroxylation sites is 1. The Kier molecular flexibility index (Phi) is 5.73. The van der Waals surface area contributed by atoms with Gasteiger partial charge in [-0.05, 0) is 51.3 Å². The van der Waals surface area contributed by atoms with E-state index in [0.29, 0.717) is 12.1 Å². The van der Waals surface area contributed by atoms with Gasteiger partial charge in [-0.2, -0.15) is 5.10 Å². The van der Waals surface area contributed by atoms with Gasteiger partial charge in [0.1, 0.15) is 0 Å². The zero-order valence-corrected chi connectivity index (χ0v) is 16.6. The summed E-state index contributed by atoms with van der Waals surface area (Å²) in [4.78, 5) is 28.6. The molecule has 1 N–H and O–H groups in total. The van der Waals surface area contributed by atoms with Crippen molar-refractivity contribution in [2.75, 3.05) is 11.9 Å². The molecule has 28 heavy (non-hydrogen) atoms. The SMILES string of the molecule is Cc1cc2nc(C)c(CCC(=O)OCC(=O)Nc3ccccc3C)c(C)n2n1. The third kappa shape index (κ3) is 4.36. The van der Waals surface area contributed by atoms with Gasteiger partial charge in [0.2, 0.25) is 0 Å². The molecule has 0 saturated carbocycles. The molecule has 0 spiro atoms. The number of carbonyl (C=O) groups excluding carboxylic acids is 2. The first-order chi connectivity index (χ1) is 13.3. The Morgan fingerprint density at radius 1 is 1.14 bits per heavy atom. The number of aromatic nitrogens is 3. The number of ether oxygens (including phenoxy) is 1. The number of hydrogen-bond acceptors (Lipinski definition) is 5. The van der Waals surface area contributed by atoms with E-state index in [1.54, 1.807) is 10.6 Å². The van der Waals surface area contributed by atoms with E-state index in [0.717, 1.165) is 33.9 Å². The summed E-state index contributed by atoms with van der Waals surface area (Å²) in [5.74, 6) is -0.777. The molecule has 2 aromatic heterocycles. The number of fused-ring (bicyclic) bond motifs is 1. The maximum Gasteiger partial charge on any atom is 0.306 e. The molecule has 0 aliphatic rings. The smallest absolute Gasteiger partial charge is 0.306 e. The molecule has 3 rings (SSSR count). The normalized spacial score (nSPS) is 10.9. The number of esters is 1. The van der Waals surface area contributed by atoms with Crippen LogP contribution in [0.4, 0.5) is 5.69 Å². The second-order valence-electron chi connectivity index (χ2n) is 6.84. The Morgan fingerprint density at radius 2 is 1.89 bits per heavy atom. The van der Waals surface area contributed by atoms with Crippen molar-refractivity contribution in [3.63, 3.8) is 0 Å². The average molecular weight is 380 g/mol. The lowest BCUT2D eigenvalue weighted by Gasteiger charge is -2.11.